The fourth-order valence-electron chi connectivity index (χ4n) is 1.21. The molecule has 0 saturated heterocycles. The van der Waals surface area contributed by atoms with E-state index in [4.69, 9.17) is 0 Å². The number of imide groups is 1. The van der Waals surface area contributed by atoms with E-state index in [1.165, 1.54) is 6.07 Å². The number of hydrogen-bond donors (Lipinski definition) is 2. The molecule has 0 bridgehead atoms. The van der Waals surface area contributed by atoms with E-state index in [0.717, 1.165) is 11.8 Å². The molecule has 104 valence electrons. The van der Waals surface area contributed by atoms with Gasteiger partial charge < -0.3 is 5.32 Å². The number of amides is 3. The molecule has 0 spiro atoms. The molecular formula is C13H17FN2O2S. The Kier molecular flexibility index (Phi) is 6.35. The van der Waals surface area contributed by atoms with Crippen molar-refractivity contribution < 1.29 is 14.0 Å². The molecule has 0 aliphatic carbocycles. The summed E-state index contributed by atoms with van der Waals surface area (Å²) in [5.74, 6) is -0.511. The molecule has 2 N–H and O–H groups in total. The maximum Gasteiger partial charge on any atom is 0.321 e. The molecule has 0 aliphatic heterocycles. The summed E-state index contributed by atoms with van der Waals surface area (Å²) in [6.45, 7) is 4.41. The van der Waals surface area contributed by atoms with E-state index < -0.39 is 11.9 Å². The van der Waals surface area contributed by atoms with Crippen molar-refractivity contribution in [2.24, 2.45) is 5.92 Å². The molecule has 1 aromatic rings. The minimum atomic E-state index is -0.521. The van der Waals surface area contributed by atoms with Crippen LogP contribution in [-0.2, 0) is 4.79 Å². The van der Waals surface area contributed by atoms with Gasteiger partial charge in [0, 0.05) is 11.4 Å². The first-order valence-electron chi connectivity index (χ1n) is 5.94. The number of carbonyl (C=O) groups excluding carboxylic acids is 2. The molecule has 0 saturated carbocycles. The molecule has 1 rings (SSSR count). The highest BCUT2D eigenvalue weighted by Crippen LogP contribution is 2.20. The lowest BCUT2D eigenvalue weighted by atomic mass is 10.2. The zero-order valence-corrected chi connectivity index (χ0v) is 11.7. The number of benzene rings is 1. The summed E-state index contributed by atoms with van der Waals surface area (Å²) in [5.41, 5.74) is 0. The van der Waals surface area contributed by atoms with Gasteiger partial charge in [-0.05, 0) is 18.1 Å². The van der Waals surface area contributed by atoms with Crippen LogP contribution < -0.4 is 10.6 Å². The SMILES string of the molecule is CC(C)CNC(=O)NC(=O)CSc1ccccc1F. The van der Waals surface area contributed by atoms with E-state index in [1.807, 2.05) is 13.8 Å². The molecule has 0 unspecified atom stereocenters. The molecule has 0 aromatic heterocycles. The largest absolute Gasteiger partial charge is 0.338 e. The number of urea groups is 1. The predicted octanol–water partition coefficient (Wildman–Crippen LogP) is 2.40. The maximum absolute atomic E-state index is 13.3. The van der Waals surface area contributed by atoms with E-state index in [9.17, 15) is 14.0 Å². The normalized spacial score (nSPS) is 10.3. The van der Waals surface area contributed by atoms with Crippen LogP contribution in [0, 0.1) is 11.7 Å². The van der Waals surface area contributed by atoms with Gasteiger partial charge in [-0.1, -0.05) is 26.0 Å². The average Bonchev–Trinajstić information content (AvgIpc) is 2.35. The van der Waals surface area contributed by atoms with Crippen molar-refractivity contribution in [3.8, 4) is 0 Å². The number of halogens is 1. The molecule has 1 aromatic carbocycles. The van der Waals surface area contributed by atoms with Gasteiger partial charge in [-0.15, -0.1) is 11.8 Å². The van der Waals surface area contributed by atoms with Crippen molar-refractivity contribution in [3.05, 3.63) is 30.1 Å². The van der Waals surface area contributed by atoms with Gasteiger partial charge in [0.1, 0.15) is 5.82 Å². The minimum absolute atomic E-state index is 0.00394. The van der Waals surface area contributed by atoms with Gasteiger partial charge in [0.25, 0.3) is 0 Å². The highest BCUT2D eigenvalue weighted by molar-refractivity contribution is 8.00. The van der Waals surface area contributed by atoms with Crippen molar-refractivity contribution in [2.75, 3.05) is 12.3 Å². The fourth-order valence-corrected chi connectivity index (χ4v) is 1.95. The smallest absolute Gasteiger partial charge is 0.321 e. The quantitative estimate of drug-likeness (QED) is 0.816. The predicted molar refractivity (Wildman–Crippen MR) is 73.5 cm³/mol. The van der Waals surface area contributed by atoms with E-state index >= 15 is 0 Å². The Bertz CT molecular complexity index is 452. The Hall–Kier alpha value is -1.56. The Balaban J connectivity index is 2.32. The van der Waals surface area contributed by atoms with Gasteiger partial charge in [-0.2, -0.15) is 0 Å². The second-order valence-electron chi connectivity index (χ2n) is 4.37. The summed E-state index contributed by atoms with van der Waals surface area (Å²) < 4.78 is 13.3. The Morgan fingerprint density at radius 3 is 2.63 bits per heavy atom. The zero-order valence-electron chi connectivity index (χ0n) is 10.9. The summed E-state index contributed by atoms with van der Waals surface area (Å²) in [6.07, 6.45) is 0. The highest BCUT2D eigenvalue weighted by Gasteiger charge is 2.09. The first kappa shape index (κ1) is 15.5. The highest BCUT2D eigenvalue weighted by atomic mass is 32.2. The summed E-state index contributed by atoms with van der Waals surface area (Å²) in [4.78, 5) is 23.2. The summed E-state index contributed by atoms with van der Waals surface area (Å²) >= 11 is 1.05. The molecule has 19 heavy (non-hydrogen) atoms. The first-order valence-corrected chi connectivity index (χ1v) is 6.92. The van der Waals surface area contributed by atoms with Crippen LogP contribution in [0.3, 0.4) is 0 Å². The third-order valence-electron chi connectivity index (χ3n) is 2.12. The van der Waals surface area contributed by atoms with Crippen LogP contribution in [0.1, 0.15) is 13.8 Å². The zero-order chi connectivity index (χ0) is 14.3. The van der Waals surface area contributed by atoms with Crippen LogP contribution in [0.5, 0.6) is 0 Å². The second kappa shape index (κ2) is 7.78. The fraction of sp³-hybridized carbons (Fsp3) is 0.385. The topological polar surface area (TPSA) is 58.2 Å². The van der Waals surface area contributed by atoms with Crippen LogP contribution in [0.4, 0.5) is 9.18 Å². The number of carbonyl (C=O) groups is 2. The lowest BCUT2D eigenvalue weighted by Crippen LogP contribution is -2.41. The molecule has 3 amide bonds. The van der Waals surface area contributed by atoms with Crippen LogP contribution in [0.15, 0.2) is 29.2 Å². The Morgan fingerprint density at radius 2 is 2.00 bits per heavy atom. The van der Waals surface area contributed by atoms with Gasteiger partial charge in [0.2, 0.25) is 5.91 Å². The van der Waals surface area contributed by atoms with Crippen LogP contribution in [0.25, 0.3) is 0 Å². The van der Waals surface area contributed by atoms with E-state index in [0.29, 0.717) is 17.4 Å². The average molecular weight is 284 g/mol. The summed E-state index contributed by atoms with van der Waals surface area (Å²) in [6, 6.07) is 5.67. The third kappa shape index (κ3) is 6.24. The van der Waals surface area contributed by atoms with Gasteiger partial charge >= 0.3 is 6.03 Å². The second-order valence-corrected chi connectivity index (χ2v) is 5.39. The third-order valence-corrected chi connectivity index (χ3v) is 3.17. The van der Waals surface area contributed by atoms with Crippen LogP contribution in [-0.4, -0.2) is 24.2 Å². The summed E-state index contributed by atoms with van der Waals surface area (Å²) in [5, 5.41) is 4.76. The van der Waals surface area contributed by atoms with Gasteiger partial charge in [0.05, 0.1) is 5.75 Å². The summed E-state index contributed by atoms with van der Waals surface area (Å²) in [7, 11) is 0. The van der Waals surface area contributed by atoms with Crippen molar-refractivity contribution in [1.29, 1.82) is 0 Å². The molecule has 0 heterocycles. The molecular weight excluding hydrogens is 267 g/mol. The van der Waals surface area contributed by atoms with Crippen molar-refractivity contribution in [1.82, 2.24) is 10.6 Å². The lowest BCUT2D eigenvalue weighted by Gasteiger charge is -2.08. The number of hydrogen-bond acceptors (Lipinski definition) is 3. The number of rotatable bonds is 5. The van der Waals surface area contributed by atoms with E-state index in [2.05, 4.69) is 10.6 Å². The molecule has 0 aliphatic rings. The maximum atomic E-state index is 13.3. The van der Waals surface area contributed by atoms with Crippen molar-refractivity contribution >= 4 is 23.7 Å². The van der Waals surface area contributed by atoms with Crippen LogP contribution in [0.2, 0.25) is 0 Å². The lowest BCUT2D eigenvalue weighted by molar-refractivity contribution is -0.117. The molecule has 4 nitrogen and oxygen atoms in total. The Morgan fingerprint density at radius 1 is 1.32 bits per heavy atom. The molecule has 0 fully saturated rings. The van der Waals surface area contributed by atoms with E-state index in [-0.39, 0.29) is 11.6 Å². The van der Waals surface area contributed by atoms with Gasteiger partial charge in [-0.25, -0.2) is 9.18 Å². The van der Waals surface area contributed by atoms with Gasteiger partial charge in [-0.3, -0.25) is 10.1 Å². The molecule has 0 atom stereocenters. The number of nitrogens with one attached hydrogen (secondary N) is 2. The first-order chi connectivity index (χ1) is 8.99. The number of thioether (sulfide) groups is 1. The van der Waals surface area contributed by atoms with Crippen molar-refractivity contribution in [3.63, 3.8) is 0 Å². The van der Waals surface area contributed by atoms with Gasteiger partial charge in [0.15, 0.2) is 0 Å². The Labute approximate surface area is 116 Å². The minimum Gasteiger partial charge on any atom is -0.338 e. The molecule has 0 radical (unpaired) electrons. The monoisotopic (exact) mass is 284 g/mol. The van der Waals surface area contributed by atoms with E-state index in [1.54, 1.807) is 18.2 Å². The van der Waals surface area contributed by atoms with Crippen LogP contribution >= 0.6 is 11.8 Å². The van der Waals surface area contributed by atoms with Crippen molar-refractivity contribution in [2.45, 2.75) is 18.7 Å². The standard InChI is InChI=1S/C13H17FN2O2S/c1-9(2)7-15-13(18)16-12(17)8-19-11-6-4-3-5-10(11)14/h3-6,9H,7-8H2,1-2H3,(H2,15,16,17,18). The molecule has 6 heteroatoms.